The highest BCUT2D eigenvalue weighted by Crippen LogP contribution is 2.43. The van der Waals surface area contributed by atoms with Crippen LogP contribution in [0.15, 0.2) is 60.7 Å². The van der Waals surface area contributed by atoms with Crippen LogP contribution in [0.1, 0.15) is 57.8 Å². The van der Waals surface area contributed by atoms with Gasteiger partial charge >= 0.3 is 12.2 Å². The smallest absolute Gasteiger partial charge is 0.407 e. The Balaban J connectivity index is 1.08. The van der Waals surface area contributed by atoms with E-state index in [1.807, 2.05) is 55.1 Å². The minimum atomic E-state index is -3.15. The van der Waals surface area contributed by atoms with E-state index in [0.717, 1.165) is 60.5 Å². The van der Waals surface area contributed by atoms with Gasteiger partial charge in [-0.2, -0.15) is 0 Å². The summed E-state index contributed by atoms with van der Waals surface area (Å²) in [6.07, 6.45) is -1.41. The average Bonchev–Trinajstić information content (AvgIpc) is 4.02. The maximum Gasteiger partial charge on any atom is 0.407 e. The minimum Gasteiger partial charge on any atom is -0.453 e. The number of halogens is 2. The lowest BCUT2D eigenvalue weighted by molar-refractivity contribution is -0.137. The van der Waals surface area contributed by atoms with Crippen LogP contribution in [-0.4, -0.2) is 107 Å². The van der Waals surface area contributed by atoms with Crippen LogP contribution >= 0.6 is 0 Å². The second kappa shape index (κ2) is 16.0. The summed E-state index contributed by atoms with van der Waals surface area (Å²) in [5, 5.41) is 8.99. The van der Waals surface area contributed by atoms with Crippen LogP contribution < -0.4 is 10.6 Å². The molecule has 2 aromatic heterocycles. The second-order valence-corrected chi connectivity index (χ2v) is 23.2. The number of carbonyl (C=O) groups excluding carboxylic acids is 4. The number of aromatic amines is 2. The zero-order valence-corrected chi connectivity index (χ0v) is 37.1. The molecule has 6 aromatic rings. The summed E-state index contributed by atoms with van der Waals surface area (Å²) < 4.78 is 39.5. The third kappa shape index (κ3) is 7.93. The van der Waals surface area contributed by atoms with Gasteiger partial charge in [-0.1, -0.05) is 77.2 Å². The van der Waals surface area contributed by atoms with Gasteiger partial charge < -0.3 is 39.9 Å². The summed E-state index contributed by atoms with van der Waals surface area (Å²) in [4.78, 5) is 71.5. The van der Waals surface area contributed by atoms with Crippen LogP contribution in [-0.2, 0) is 19.1 Å². The van der Waals surface area contributed by atoms with Crippen molar-refractivity contribution in [3.8, 4) is 11.1 Å². The maximum atomic E-state index is 15.0. The number of carbonyl (C=O) groups is 4. The van der Waals surface area contributed by atoms with Crippen molar-refractivity contribution in [1.82, 2.24) is 40.4 Å². The molecule has 2 fully saturated rings. The van der Waals surface area contributed by atoms with E-state index in [2.05, 4.69) is 62.7 Å². The third-order valence-corrected chi connectivity index (χ3v) is 15.0. The Labute approximate surface area is 358 Å². The molecular formula is C45H52F2N8O6Si. The molecule has 4 aromatic carbocycles. The van der Waals surface area contributed by atoms with E-state index in [1.165, 1.54) is 14.2 Å². The molecule has 4 amide bonds. The molecule has 4 atom stereocenters. The molecule has 4 heterocycles. The molecule has 2 aliphatic heterocycles. The highest BCUT2D eigenvalue weighted by atomic mass is 28.3. The fourth-order valence-corrected chi connectivity index (χ4v) is 12.0. The lowest BCUT2D eigenvalue weighted by Crippen LogP contribution is -2.52. The quantitative estimate of drug-likeness (QED) is 0.105. The van der Waals surface area contributed by atoms with Crippen LogP contribution in [0.5, 0.6) is 0 Å². The molecule has 0 unspecified atom stereocenters. The molecule has 8 rings (SSSR count). The number of benzene rings is 4. The van der Waals surface area contributed by atoms with Gasteiger partial charge in [-0.05, 0) is 64.0 Å². The third-order valence-electron chi connectivity index (χ3n) is 12.3. The van der Waals surface area contributed by atoms with Crippen molar-refractivity contribution < 1.29 is 37.4 Å². The van der Waals surface area contributed by atoms with Crippen molar-refractivity contribution in [3.63, 3.8) is 0 Å². The van der Waals surface area contributed by atoms with Gasteiger partial charge in [-0.3, -0.25) is 9.59 Å². The monoisotopic (exact) mass is 866 g/mol. The van der Waals surface area contributed by atoms with E-state index in [1.54, 1.807) is 13.8 Å². The molecule has 2 aliphatic rings. The van der Waals surface area contributed by atoms with Crippen LogP contribution in [0.25, 0.3) is 54.7 Å². The Hall–Kier alpha value is -6.10. The number of rotatable bonds is 9. The largest absolute Gasteiger partial charge is 0.453 e. The minimum absolute atomic E-state index is 0.142. The first-order chi connectivity index (χ1) is 29.4. The summed E-state index contributed by atoms with van der Waals surface area (Å²) in [7, 11) is 0.652. The van der Waals surface area contributed by atoms with Gasteiger partial charge in [0.2, 0.25) is 11.8 Å². The highest BCUT2D eigenvalue weighted by molar-refractivity contribution is 6.78. The number of amides is 4. The number of fused-ring (bicyclic) bond motifs is 6. The standard InChI is InChI=1S/C45H52F2N8O6Si/c1-23(2)35(52-43(58)60-5)41(56)54-21-45(46,47)19-33(54)39-48-31-15-11-27-17-25(9-13-29(27)37(31)50-39)26-10-14-30-28(18-26)12-16-32-38(30)51-40(49-32)34-20-62(7,8)22-55(34)42(57)36(24(3)4)53-44(59)61-6/h9-18,23-24,33-36H,19-22H2,1-8H3,(H,48,50)(H,49,51)(H,52,58)(H,53,59)/t33-,34-,35-,36-/m0/s1. The average molecular weight is 867 g/mol. The topological polar surface area (TPSA) is 175 Å². The van der Waals surface area contributed by atoms with Crippen molar-refractivity contribution in [2.75, 3.05) is 26.9 Å². The molecule has 0 bridgehead atoms. The van der Waals surface area contributed by atoms with Gasteiger partial charge in [0.15, 0.2) is 0 Å². The van der Waals surface area contributed by atoms with Crippen LogP contribution in [0.4, 0.5) is 18.4 Å². The molecule has 17 heteroatoms. The highest BCUT2D eigenvalue weighted by Gasteiger charge is 2.51. The van der Waals surface area contributed by atoms with Crippen LogP contribution in [0.2, 0.25) is 19.1 Å². The predicted molar refractivity (Wildman–Crippen MR) is 235 cm³/mol. The van der Waals surface area contributed by atoms with E-state index >= 15 is 8.78 Å². The van der Waals surface area contributed by atoms with Gasteiger partial charge in [0.05, 0.1) is 63.0 Å². The number of hydrogen-bond acceptors (Lipinski definition) is 8. The van der Waals surface area contributed by atoms with Crippen molar-refractivity contribution in [1.29, 1.82) is 0 Å². The number of likely N-dealkylation sites (tertiary alicyclic amines) is 1. The summed E-state index contributed by atoms with van der Waals surface area (Å²) >= 11 is 0. The van der Waals surface area contributed by atoms with Crippen molar-refractivity contribution in [2.45, 2.75) is 83.3 Å². The normalized spacial score (nSPS) is 19.5. The van der Waals surface area contributed by atoms with Crippen LogP contribution in [0.3, 0.4) is 0 Å². The number of alkyl carbamates (subject to hydrolysis) is 2. The van der Waals surface area contributed by atoms with E-state index in [-0.39, 0.29) is 29.6 Å². The summed E-state index contributed by atoms with van der Waals surface area (Å²) in [5.41, 5.74) is 4.90. The Morgan fingerprint density at radius 2 is 1.19 bits per heavy atom. The molecule has 326 valence electrons. The van der Waals surface area contributed by atoms with Gasteiger partial charge in [0, 0.05) is 23.4 Å². The number of nitrogens with one attached hydrogen (secondary N) is 4. The van der Waals surface area contributed by atoms with E-state index in [0.29, 0.717) is 17.2 Å². The summed E-state index contributed by atoms with van der Waals surface area (Å²) in [5.74, 6) is -3.46. The van der Waals surface area contributed by atoms with Gasteiger partial charge in [0.1, 0.15) is 23.7 Å². The first kappa shape index (κ1) is 42.6. The van der Waals surface area contributed by atoms with E-state index < -0.39 is 63.2 Å². The Kier molecular flexibility index (Phi) is 11.0. The van der Waals surface area contributed by atoms with E-state index in [9.17, 15) is 19.2 Å². The first-order valence-corrected chi connectivity index (χ1v) is 24.3. The number of nitrogens with zero attached hydrogens (tertiary/aromatic N) is 4. The van der Waals surface area contributed by atoms with E-state index in [4.69, 9.17) is 14.7 Å². The number of aromatic nitrogens is 4. The number of alkyl halides is 2. The van der Waals surface area contributed by atoms with Crippen LogP contribution in [0, 0.1) is 11.8 Å². The zero-order chi connectivity index (χ0) is 44.4. The Morgan fingerprint density at radius 3 is 1.66 bits per heavy atom. The van der Waals surface area contributed by atoms with Gasteiger partial charge in [-0.15, -0.1) is 0 Å². The Bertz CT molecular complexity index is 2570. The number of ether oxygens (including phenoxy) is 2. The fraction of sp³-hybridized carbons (Fsp3) is 0.422. The number of imidazole rings is 2. The molecule has 2 saturated heterocycles. The Morgan fingerprint density at radius 1 is 0.726 bits per heavy atom. The predicted octanol–water partition coefficient (Wildman–Crippen LogP) is 8.21. The van der Waals surface area contributed by atoms with Crippen molar-refractivity contribution in [2.24, 2.45) is 11.8 Å². The lowest BCUT2D eigenvalue weighted by atomic mass is 9.98. The first-order valence-electron chi connectivity index (χ1n) is 20.9. The molecule has 0 aliphatic carbocycles. The maximum absolute atomic E-state index is 15.0. The fourth-order valence-electron chi connectivity index (χ4n) is 9.13. The second-order valence-electron chi connectivity index (χ2n) is 18.1. The van der Waals surface area contributed by atoms with Gasteiger partial charge in [0.25, 0.3) is 5.92 Å². The molecule has 0 saturated carbocycles. The summed E-state index contributed by atoms with van der Waals surface area (Å²) in [6, 6.07) is 17.9. The zero-order valence-electron chi connectivity index (χ0n) is 36.1. The summed E-state index contributed by atoms with van der Waals surface area (Å²) in [6.45, 7) is 11.0. The lowest BCUT2D eigenvalue weighted by Gasteiger charge is -2.30. The molecule has 0 spiro atoms. The molecule has 62 heavy (non-hydrogen) atoms. The molecule has 0 radical (unpaired) electrons. The van der Waals surface area contributed by atoms with Gasteiger partial charge in [-0.25, -0.2) is 28.3 Å². The number of H-pyrrole nitrogens is 2. The SMILES string of the molecule is COC(=O)N[C@H](C(=O)N1CC(F)(F)C[C@H]1c1nc2ccc3cc(-c4ccc5c(ccc6nc([C@@H]7C[Si](C)(C)CN7C(=O)[C@@H](NC(=O)OC)C(C)C)[nH]c65)c4)ccc3c2[nH]1)C(C)C. The van der Waals surface area contributed by atoms with Crippen molar-refractivity contribution in [3.05, 3.63) is 72.3 Å². The number of hydrogen-bond donors (Lipinski definition) is 4. The molecule has 14 nitrogen and oxygen atoms in total. The molecule has 4 N–H and O–H groups in total. The van der Waals surface area contributed by atoms with Crippen molar-refractivity contribution >= 4 is 75.7 Å². The molecular weight excluding hydrogens is 815 g/mol. The number of methoxy groups -OCH3 is 2.